The Kier molecular flexibility index (Phi) is 5.92. The number of benzene rings is 2. The van der Waals surface area contributed by atoms with Gasteiger partial charge in [-0.25, -0.2) is 0 Å². The van der Waals surface area contributed by atoms with Gasteiger partial charge in [0.05, 0.1) is 39.4 Å². The maximum atomic E-state index is 11.8. The molecule has 2 aliphatic heterocycles. The van der Waals surface area contributed by atoms with Crippen molar-refractivity contribution in [3.8, 4) is 17.2 Å². The van der Waals surface area contributed by atoms with Crippen LogP contribution in [0.2, 0.25) is 0 Å². The van der Waals surface area contributed by atoms with Crippen molar-refractivity contribution in [2.45, 2.75) is 83.8 Å². The fourth-order valence-corrected chi connectivity index (χ4v) is 7.08. The molecule has 0 saturated heterocycles. The molecule has 1 N–H and O–H groups in total. The summed E-state index contributed by atoms with van der Waals surface area (Å²) in [6.45, 7) is 15.2. The Labute approximate surface area is 217 Å². The molecule has 0 bridgehead atoms. The number of fused-ring (bicyclic) bond motifs is 3. The second-order valence-corrected chi connectivity index (χ2v) is 13.2. The van der Waals surface area contributed by atoms with Crippen molar-refractivity contribution in [3.05, 3.63) is 51.6 Å². The molecule has 0 radical (unpaired) electrons. The van der Waals surface area contributed by atoms with Gasteiger partial charge in [-0.15, -0.1) is 0 Å². The second-order valence-electron chi connectivity index (χ2n) is 13.2. The van der Waals surface area contributed by atoms with Gasteiger partial charge in [0.15, 0.2) is 11.5 Å². The van der Waals surface area contributed by atoms with E-state index in [1.807, 2.05) is 0 Å². The molecule has 0 fully saturated rings. The number of quaternary nitrogens is 1. The molecule has 196 valence electrons. The molecule has 2 aromatic rings. The number of hydrogen-bond acceptors (Lipinski definition) is 4. The number of hydrogen-bond donors (Lipinski definition) is 1. The third-order valence-electron chi connectivity index (χ3n) is 9.77. The second kappa shape index (κ2) is 8.39. The summed E-state index contributed by atoms with van der Waals surface area (Å²) >= 11 is 0. The normalized spacial score (nSPS) is 25.6. The molecule has 0 unspecified atom stereocenters. The Balaban J connectivity index is 1.57. The molecule has 5 rings (SSSR count). The van der Waals surface area contributed by atoms with Crippen LogP contribution in [0.4, 0.5) is 0 Å². The maximum absolute atomic E-state index is 11.8. The summed E-state index contributed by atoms with van der Waals surface area (Å²) in [5.41, 5.74) is 7.67. The number of aryl methyl sites for hydroxylation is 1. The van der Waals surface area contributed by atoms with E-state index in [-0.39, 0.29) is 23.7 Å². The standard InChI is InChI=1S/C31H44NO4/c1-18-12-23-22(30(3,4)16-19(2)31(23,5)6)14-21(18)25(33)15-24-27-20(10-11-32(24,7)8)13-26-28(29(27)34-9)36-17-35-26/h12-14,19,24-25,33H,10-11,15-17H2,1-9H3/q+1/t19-,24-,25-/m1/s1. The summed E-state index contributed by atoms with van der Waals surface area (Å²) in [6.07, 6.45) is 2.14. The maximum Gasteiger partial charge on any atom is 0.231 e. The summed E-state index contributed by atoms with van der Waals surface area (Å²) in [6, 6.07) is 6.88. The molecular weight excluding hydrogens is 450 g/mol. The lowest BCUT2D eigenvalue weighted by Gasteiger charge is -2.47. The van der Waals surface area contributed by atoms with Crippen LogP contribution in [0.25, 0.3) is 0 Å². The molecule has 36 heavy (non-hydrogen) atoms. The number of nitrogens with zero attached hydrogens (tertiary/aromatic N) is 1. The van der Waals surface area contributed by atoms with Gasteiger partial charge in [-0.3, -0.25) is 0 Å². The average Bonchev–Trinajstić information content (AvgIpc) is 3.26. The van der Waals surface area contributed by atoms with E-state index in [4.69, 9.17) is 14.2 Å². The third-order valence-corrected chi connectivity index (χ3v) is 9.77. The Hall–Kier alpha value is -2.24. The first kappa shape index (κ1) is 25.4. The fraction of sp³-hybridized carbons (Fsp3) is 0.613. The first-order valence-electron chi connectivity index (χ1n) is 13.4. The van der Waals surface area contributed by atoms with Crippen LogP contribution in [0, 0.1) is 12.8 Å². The first-order chi connectivity index (χ1) is 16.8. The van der Waals surface area contributed by atoms with Gasteiger partial charge in [0.2, 0.25) is 12.5 Å². The van der Waals surface area contributed by atoms with Crippen LogP contribution in [-0.4, -0.2) is 44.1 Å². The molecule has 0 amide bonds. The van der Waals surface area contributed by atoms with Gasteiger partial charge < -0.3 is 23.8 Å². The molecule has 2 aromatic carbocycles. The van der Waals surface area contributed by atoms with Crippen LogP contribution in [0.3, 0.4) is 0 Å². The van der Waals surface area contributed by atoms with E-state index in [9.17, 15) is 5.11 Å². The number of likely N-dealkylation sites (N-methyl/N-ethyl adjacent to an activating group) is 1. The highest BCUT2D eigenvalue weighted by atomic mass is 16.7. The number of aliphatic hydroxyl groups is 1. The Morgan fingerprint density at radius 2 is 1.83 bits per heavy atom. The van der Waals surface area contributed by atoms with Crippen LogP contribution in [-0.2, 0) is 17.3 Å². The van der Waals surface area contributed by atoms with Crippen molar-refractivity contribution in [2.24, 2.45) is 5.92 Å². The third kappa shape index (κ3) is 3.81. The van der Waals surface area contributed by atoms with Gasteiger partial charge in [-0.05, 0) is 64.0 Å². The van der Waals surface area contributed by atoms with Crippen molar-refractivity contribution in [2.75, 3.05) is 34.5 Å². The minimum absolute atomic E-state index is 0.0769. The van der Waals surface area contributed by atoms with Crippen molar-refractivity contribution >= 4 is 0 Å². The van der Waals surface area contributed by atoms with E-state index in [1.165, 1.54) is 22.3 Å². The Bertz CT molecular complexity index is 1200. The molecule has 5 nitrogen and oxygen atoms in total. The number of rotatable bonds is 4. The van der Waals surface area contributed by atoms with Crippen LogP contribution in [0.5, 0.6) is 17.2 Å². The molecular formula is C31H44NO4+. The number of methoxy groups -OCH3 is 1. The largest absolute Gasteiger partial charge is 0.492 e. The zero-order valence-electron chi connectivity index (χ0n) is 23.6. The molecule has 0 aromatic heterocycles. The van der Waals surface area contributed by atoms with Gasteiger partial charge in [-0.2, -0.15) is 0 Å². The van der Waals surface area contributed by atoms with E-state index >= 15 is 0 Å². The van der Waals surface area contributed by atoms with Crippen molar-refractivity contribution in [1.82, 2.24) is 0 Å². The SMILES string of the molecule is COc1c2c(cc3c1[C@@H](C[C@@H](O)c1cc4c(cc1C)C(C)(C)[C@H](C)CC4(C)C)[N+](C)(C)CC3)OCO2. The monoisotopic (exact) mass is 494 g/mol. The van der Waals surface area contributed by atoms with Crippen molar-refractivity contribution in [3.63, 3.8) is 0 Å². The highest BCUT2D eigenvalue weighted by Gasteiger charge is 2.44. The molecule has 2 heterocycles. The van der Waals surface area contributed by atoms with E-state index in [0.717, 1.165) is 46.5 Å². The fourth-order valence-electron chi connectivity index (χ4n) is 7.08. The summed E-state index contributed by atoms with van der Waals surface area (Å²) in [5, 5.41) is 11.8. The number of ether oxygens (including phenoxy) is 3. The lowest BCUT2D eigenvalue weighted by atomic mass is 9.58. The Morgan fingerprint density at radius 3 is 2.53 bits per heavy atom. The zero-order valence-corrected chi connectivity index (χ0v) is 23.6. The smallest absolute Gasteiger partial charge is 0.231 e. The minimum Gasteiger partial charge on any atom is -0.492 e. The van der Waals surface area contributed by atoms with E-state index in [1.54, 1.807) is 7.11 Å². The quantitative estimate of drug-likeness (QED) is 0.520. The van der Waals surface area contributed by atoms with Crippen LogP contribution >= 0.6 is 0 Å². The molecule has 1 aliphatic carbocycles. The highest BCUT2D eigenvalue weighted by molar-refractivity contribution is 5.61. The first-order valence-corrected chi connectivity index (χ1v) is 13.4. The highest BCUT2D eigenvalue weighted by Crippen LogP contribution is 2.53. The summed E-state index contributed by atoms with van der Waals surface area (Å²) in [4.78, 5) is 0. The summed E-state index contributed by atoms with van der Waals surface area (Å²) in [7, 11) is 6.23. The molecule has 3 atom stereocenters. The van der Waals surface area contributed by atoms with Gasteiger partial charge in [0.25, 0.3) is 0 Å². The van der Waals surface area contributed by atoms with Crippen molar-refractivity contribution < 1.29 is 23.8 Å². The molecule has 5 heteroatoms. The molecule has 0 saturated carbocycles. The predicted molar refractivity (Wildman–Crippen MR) is 143 cm³/mol. The predicted octanol–water partition coefficient (Wildman–Crippen LogP) is 6.12. The van der Waals surface area contributed by atoms with Crippen LogP contribution in [0.15, 0.2) is 18.2 Å². The van der Waals surface area contributed by atoms with Gasteiger partial charge in [0.1, 0.15) is 6.04 Å². The van der Waals surface area contributed by atoms with Gasteiger partial charge >= 0.3 is 0 Å². The Morgan fingerprint density at radius 1 is 1.11 bits per heavy atom. The van der Waals surface area contributed by atoms with E-state index in [0.29, 0.717) is 18.1 Å². The van der Waals surface area contributed by atoms with Gasteiger partial charge in [-0.1, -0.05) is 46.8 Å². The summed E-state index contributed by atoms with van der Waals surface area (Å²) < 4.78 is 18.2. The molecule has 0 spiro atoms. The van der Waals surface area contributed by atoms with Crippen LogP contribution < -0.4 is 14.2 Å². The van der Waals surface area contributed by atoms with Crippen LogP contribution in [0.1, 0.15) is 93.0 Å². The van der Waals surface area contributed by atoms with Crippen molar-refractivity contribution in [1.29, 1.82) is 0 Å². The van der Waals surface area contributed by atoms with E-state index < -0.39 is 6.10 Å². The lowest BCUT2D eigenvalue weighted by Crippen LogP contribution is -2.48. The molecule has 3 aliphatic rings. The summed E-state index contributed by atoms with van der Waals surface area (Å²) in [5.74, 6) is 2.83. The number of aliphatic hydroxyl groups excluding tert-OH is 1. The topological polar surface area (TPSA) is 47.9 Å². The average molecular weight is 495 g/mol. The van der Waals surface area contributed by atoms with Gasteiger partial charge in [0, 0.05) is 12.8 Å². The van der Waals surface area contributed by atoms with E-state index in [2.05, 4.69) is 73.8 Å². The minimum atomic E-state index is -0.572. The zero-order chi connectivity index (χ0) is 26.2. The lowest BCUT2D eigenvalue weighted by molar-refractivity contribution is -0.924.